The first-order valence-corrected chi connectivity index (χ1v) is 7.69. The molecule has 0 amide bonds. The monoisotopic (exact) mass is 277 g/mol. The lowest BCUT2D eigenvalue weighted by Gasteiger charge is -2.31. The maximum absolute atomic E-state index is 12.3. The molecule has 0 spiro atoms. The Kier molecular flexibility index (Phi) is 3.80. The third-order valence-corrected chi connectivity index (χ3v) is 5.22. The van der Waals surface area contributed by atoms with Gasteiger partial charge in [0.2, 0.25) is 5.09 Å². The summed E-state index contributed by atoms with van der Waals surface area (Å²) in [5.41, 5.74) is 0. The van der Waals surface area contributed by atoms with Crippen molar-refractivity contribution in [2.45, 2.75) is 43.2 Å². The average molecular weight is 278 g/mol. The summed E-state index contributed by atoms with van der Waals surface area (Å²) >= 11 is 5.60. The van der Waals surface area contributed by atoms with Gasteiger partial charge in [0.15, 0.2) is 0 Å². The van der Waals surface area contributed by atoms with Gasteiger partial charge in [-0.05, 0) is 31.9 Å². The van der Waals surface area contributed by atoms with Crippen LogP contribution in [0.2, 0.25) is 0 Å². The van der Waals surface area contributed by atoms with Gasteiger partial charge < -0.3 is 4.42 Å². The third-order valence-electron chi connectivity index (χ3n) is 3.07. The standard InChI is InChI=1S/C11H16ClNO3S/c1-9-4-2-3-7-13(9)17(14,15)11-6-5-10(8-12)16-11/h5-6,9H,2-4,7-8H2,1H3. The first-order chi connectivity index (χ1) is 8.05. The quantitative estimate of drug-likeness (QED) is 0.798. The Balaban J connectivity index is 2.28. The van der Waals surface area contributed by atoms with Crippen LogP contribution in [0.15, 0.2) is 21.6 Å². The summed E-state index contributed by atoms with van der Waals surface area (Å²) in [5.74, 6) is 0.667. The minimum atomic E-state index is -3.49. The highest BCUT2D eigenvalue weighted by molar-refractivity contribution is 7.89. The Morgan fingerprint density at radius 3 is 2.82 bits per heavy atom. The minimum Gasteiger partial charge on any atom is -0.447 e. The molecule has 0 aliphatic carbocycles. The predicted molar refractivity (Wildman–Crippen MR) is 65.5 cm³/mol. The first-order valence-electron chi connectivity index (χ1n) is 5.72. The molecule has 0 radical (unpaired) electrons. The van der Waals surface area contributed by atoms with Crippen LogP contribution in [0, 0.1) is 0 Å². The van der Waals surface area contributed by atoms with Crippen molar-refractivity contribution < 1.29 is 12.8 Å². The maximum atomic E-state index is 12.3. The fourth-order valence-electron chi connectivity index (χ4n) is 2.11. The summed E-state index contributed by atoms with van der Waals surface area (Å²) in [6.45, 7) is 2.50. The van der Waals surface area contributed by atoms with Crippen molar-refractivity contribution in [3.05, 3.63) is 17.9 Å². The molecule has 4 nitrogen and oxygen atoms in total. The molecule has 1 aliphatic heterocycles. The van der Waals surface area contributed by atoms with E-state index in [0.29, 0.717) is 12.3 Å². The van der Waals surface area contributed by atoms with Gasteiger partial charge in [0.05, 0.1) is 5.88 Å². The Bertz CT molecular complexity index is 483. The van der Waals surface area contributed by atoms with Crippen LogP contribution >= 0.6 is 11.6 Å². The molecule has 2 rings (SSSR count). The zero-order valence-corrected chi connectivity index (χ0v) is 11.3. The van der Waals surface area contributed by atoms with Crippen LogP contribution in [0.3, 0.4) is 0 Å². The Morgan fingerprint density at radius 1 is 1.47 bits per heavy atom. The zero-order chi connectivity index (χ0) is 12.5. The van der Waals surface area contributed by atoms with Gasteiger partial charge in [0, 0.05) is 12.6 Å². The van der Waals surface area contributed by atoms with Crippen molar-refractivity contribution >= 4 is 21.6 Å². The van der Waals surface area contributed by atoms with Crippen molar-refractivity contribution in [2.75, 3.05) is 6.54 Å². The van der Waals surface area contributed by atoms with Gasteiger partial charge in [0.25, 0.3) is 10.0 Å². The van der Waals surface area contributed by atoms with Crippen LogP contribution in [-0.2, 0) is 15.9 Å². The molecule has 6 heteroatoms. The average Bonchev–Trinajstić information content (AvgIpc) is 2.78. The molecule has 17 heavy (non-hydrogen) atoms. The van der Waals surface area contributed by atoms with E-state index in [-0.39, 0.29) is 17.0 Å². The second-order valence-electron chi connectivity index (χ2n) is 4.31. The van der Waals surface area contributed by atoms with Gasteiger partial charge >= 0.3 is 0 Å². The van der Waals surface area contributed by atoms with E-state index in [4.69, 9.17) is 16.0 Å². The van der Waals surface area contributed by atoms with E-state index in [1.54, 1.807) is 6.07 Å². The van der Waals surface area contributed by atoms with Gasteiger partial charge in [-0.3, -0.25) is 0 Å². The predicted octanol–water partition coefficient (Wildman–Crippen LogP) is 2.58. The normalized spacial score (nSPS) is 22.8. The Hall–Kier alpha value is -0.520. The van der Waals surface area contributed by atoms with Crippen molar-refractivity contribution in [1.82, 2.24) is 4.31 Å². The first kappa shape index (κ1) is 12.9. The minimum absolute atomic E-state index is 0.00176. The molecule has 0 aromatic carbocycles. The number of furan rings is 1. The topological polar surface area (TPSA) is 50.5 Å². The van der Waals surface area contributed by atoms with Gasteiger partial charge in [-0.1, -0.05) is 6.42 Å². The summed E-state index contributed by atoms with van der Waals surface area (Å²) in [6, 6.07) is 3.13. The molecule has 1 saturated heterocycles. The fraction of sp³-hybridized carbons (Fsp3) is 0.636. The molecule has 0 saturated carbocycles. The van der Waals surface area contributed by atoms with Crippen LogP contribution in [0.25, 0.3) is 0 Å². The molecule has 1 aromatic heterocycles. The number of hydrogen-bond donors (Lipinski definition) is 0. The molecule has 1 atom stereocenters. The van der Waals surface area contributed by atoms with Crippen molar-refractivity contribution in [1.29, 1.82) is 0 Å². The lowest BCUT2D eigenvalue weighted by atomic mass is 10.1. The highest BCUT2D eigenvalue weighted by Gasteiger charge is 2.33. The molecular formula is C11H16ClNO3S. The van der Waals surface area contributed by atoms with Crippen LogP contribution in [0.5, 0.6) is 0 Å². The molecule has 1 unspecified atom stereocenters. The highest BCUT2D eigenvalue weighted by atomic mass is 35.5. The summed E-state index contributed by atoms with van der Waals surface area (Å²) in [4.78, 5) is 0. The number of alkyl halides is 1. The largest absolute Gasteiger partial charge is 0.447 e. The smallest absolute Gasteiger partial charge is 0.276 e. The van der Waals surface area contributed by atoms with E-state index in [1.807, 2.05) is 6.92 Å². The van der Waals surface area contributed by atoms with Crippen LogP contribution in [0.4, 0.5) is 0 Å². The number of rotatable bonds is 3. The van der Waals surface area contributed by atoms with E-state index in [2.05, 4.69) is 0 Å². The SMILES string of the molecule is CC1CCCCN1S(=O)(=O)c1ccc(CCl)o1. The maximum Gasteiger partial charge on any atom is 0.276 e. The van der Waals surface area contributed by atoms with Gasteiger partial charge in [-0.25, -0.2) is 8.42 Å². The van der Waals surface area contributed by atoms with Crippen LogP contribution in [0.1, 0.15) is 31.9 Å². The molecular weight excluding hydrogens is 262 g/mol. The molecule has 1 aliphatic rings. The summed E-state index contributed by atoms with van der Waals surface area (Å²) in [6.07, 6.45) is 2.90. The van der Waals surface area contributed by atoms with Crippen molar-refractivity contribution in [2.24, 2.45) is 0 Å². The second kappa shape index (κ2) is 5.00. The van der Waals surface area contributed by atoms with Crippen molar-refractivity contribution in [3.63, 3.8) is 0 Å². The summed E-state index contributed by atoms with van der Waals surface area (Å²) < 4.78 is 31.4. The Morgan fingerprint density at radius 2 is 2.24 bits per heavy atom. The zero-order valence-electron chi connectivity index (χ0n) is 9.73. The second-order valence-corrected chi connectivity index (χ2v) is 6.40. The fourth-order valence-corrected chi connectivity index (χ4v) is 3.89. The summed E-state index contributed by atoms with van der Waals surface area (Å²) in [5, 5.41) is 0.00176. The van der Waals surface area contributed by atoms with Crippen molar-refractivity contribution in [3.8, 4) is 0 Å². The van der Waals surface area contributed by atoms with E-state index >= 15 is 0 Å². The van der Waals surface area contributed by atoms with Gasteiger partial charge in [-0.15, -0.1) is 11.6 Å². The van der Waals surface area contributed by atoms with Crippen LogP contribution < -0.4 is 0 Å². The summed E-state index contributed by atoms with van der Waals surface area (Å²) in [7, 11) is -3.49. The third kappa shape index (κ3) is 2.51. The van der Waals surface area contributed by atoms with Crippen LogP contribution in [-0.4, -0.2) is 25.3 Å². The molecule has 96 valence electrons. The molecule has 1 fully saturated rings. The van der Waals surface area contributed by atoms with Gasteiger partial charge in [0.1, 0.15) is 5.76 Å². The highest BCUT2D eigenvalue weighted by Crippen LogP contribution is 2.26. The number of halogens is 1. The van der Waals surface area contributed by atoms with E-state index < -0.39 is 10.0 Å². The van der Waals surface area contributed by atoms with E-state index in [9.17, 15) is 8.42 Å². The molecule has 2 heterocycles. The molecule has 0 bridgehead atoms. The number of sulfonamides is 1. The number of piperidine rings is 1. The lowest BCUT2D eigenvalue weighted by molar-refractivity contribution is 0.261. The van der Waals surface area contributed by atoms with Gasteiger partial charge in [-0.2, -0.15) is 4.31 Å². The van der Waals surface area contributed by atoms with E-state index in [0.717, 1.165) is 19.3 Å². The number of hydrogen-bond acceptors (Lipinski definition) is 3. The number of nitrogens with zero attached hydrogens (tertiary/aromatic N) is 1. The van der Waals surface area contributed by atoms with E-state index in [1.165, 1.54) is 10.4 Å². The molecule has 1 aromatic rings. The Labute approximate surface area is 107 Å². The molecule has 0 N–H and O–H groups in total. The lowest BCUT2D eigenvalue weighted by Crippen LogP contribution is -2.41.